The van der Waals surface area contributed by atoms with Crippen LogP contribution in [0.4, 0.5) is 0 Å². The molecule has 2 aromatic carbocycles. The Morgan fingerprint density at radius 1 is 1.06 bits per heavy atom. The Bertz CT molecular complexity index is 1160. The summed E-state index contributed by atoms with van der Waals surface area (Å²) in [5, 5.41) is 9.72. The summed E-state index contributed by atoms with van der Waals surface area (Å²) in [4.78, 5) is 18.5. The highest BCUT2D eigenvalue weighted by molar-refractivity contribution is 8.18. The van der Waals surface area contributed by atoms with Crippen LogP contribution in [0.3, 0.4) is 0 Å². The van der Waals surface area contributed by atoms with Crippen molar-refractivity contribution >= 4 is 51.9 Å². The van der Waals surface area contributed by atoms with E-state index in [4.69, 9.17) is 19.6 Å². The number of fused-ring (bicyclic) bond motifs is 1. The number of methoxy groups -OCH3 is 3. The molecule has 0 aromatic heterocycles. The maximum atomic E-state index is 12.7. The number of rotatable bonds is 6. The number of amides is 1. The van der Waals surface area contributed by atoms with E-state index in [0.717, 1.165) is 17.5 Å². The number of hydrogen-bond donors (Lipinski definition) is 1. The average molecular weight is 469 g/mol. The Hall–Kier alpha value is -3.24. The van der Waals surface area contributed by atoms with Crippen molar-refractivity contribution in [3.8, 4) is 17.2 Å². The maximum absolute atomic E-state index is 12.7. The number of ether oxygens (including phenoxy) is 3. The van der Waals surface area contributed by atoms with Crippen molar-refractivity contribution in [2.24, 2.45) is 9.39 Å². The van der Waals surface area contributed by atoms with Gasteiger partial charge in [0.15, 0.2) is 16.7 Å². The number of hydrogen-bond acceptors (Lipinski definition) is 8. The summed E-state index contributed by atoms with van der Waals surface area (Å²) < 4.78 is 20.7. The van der Waals surface area contributed by atoms with E-state index in [9.17, 15) is 4.79 Å². The summed E-state index contributed by atoms with van der Waals surface area (Å²) in [6, 6.07) is 13.4. The Morgan fingerprint density at radius 2 is 1.81 bits per heavy atom. The van der Waals surface area contributed by atoms with E-state index in [1.54, 1.807) is 23.1 Å². The molecule has 10 heteroatoms. The standard InChI is InChI=1S/C22H20N4O4S2/c1-28-16-10-9-14(17(29-2)18(16)30-3)11-15-19(23)26-21(24-20(15)27)32-25-22(26)31-12-13-7-5-4-6-8-13/h4-11,23H,12H2,1-3H3. The number of aliphatic imine (C=N–C) groups is 1. The molecule has 2 heterocycles. The highest BCUT2D eigenvalue weighted by Crippen LogP contribution is 2.41. The van der Waals surface area contributed by atoms with Crippen molar-refractivity contribution in [3.63, 3.8) is 0 Å². The Morgan fingerprint density at radius 3 is 2.50 bits per heavy atom. The molecule has 0 saturated heterocycles. The molecule has 8 nitrogen and oxygen atoms in total. The van der Waals surface area contributed by atoms with Crippen LogP contribution in [0.2, 0.25) is 0 Å². The molecule has 4 rings (SSSR count). The zero-order valence-electron chi connectivity index (χ0n) is 17.6. The van der Waals surface area contributed by atoms with Crippen LogP contribution in [-0.2, 0) is 10.5 Å². The molecule has 0 unspecified atom stereocenters. The van der Waals surface area contributed by atoms with Crippen molar-refractivity contribution in [1.82, 2.24) is 4.90 Å². The number of thioether (sulfide) groups is 1. The van der Waals surface area contributed by atoms with Crippen molar-refractivity contribution in [2.45, 2.75) is 5.75 Å². The molecule has 0 fully saturated rings. The van der Waals surface area contributed by atoms with Gasteiger partial charge in [0, 0.05) is 11.3 Å². The predicted octanol–water partition coefficient (Wildman–Crippen LogP) is 4.22. The van der Waals surface area contributed by atoms with Crippen LogP contribution in [0.1, 0.15) is 11.1 Å². The van der Waals surface area contributed by atoms with Crippen molar-refractivity contribution in [2.75, 3.05) is 21.3 Å². The zero-order chi connectivity index (χ0) is 22.7. The smallest absolute Gasteiger partial charge is 0.283 e. The number of amidine groups is 3. The number of carbonyl (C=O) groups excluding carboxylic acids is 1. The van der Waals surface area contributed by atoms with Crippen molar-refractivity contribution < 1.29 is 19.0 Å². The van der Waals surface area contributed by atoms with E-state index in [0.29, 0.717) is 38.9 Å². The van der Waals surface area contributed by atoms with Crippen LogP contribution < -0.4 is 14.2 Å². The van der Waals surface area contributed by atoms with Gasteiger partial charge in [0.25, 0.3) is 5.91 Å². The molecule has 0 spiro atoms. The SMILES string of the molecule is COc1ccc(C=C2C(=N)N3C(SCc4ccccc4)=NSC3=NC2=O)c(OC)c1OC. The maximum Gasteiger partial charge on any atom is 0.283 e. The van der Waals surface area contributed by atoms with E-state index in [1.807, 2.05) is 30.3 Å². The molecule has 1 N–H and O–H groups in total. The lowest BCUT2D eigenvalue weighted by atomic mass is 10.1. The monoisotopic (exact) mass is 468 g/mol. The predicted molar refractivity (Wildman–Crippen MR) is 129 cm³/mol. The fourth-order valence-electron chi connectivity index (χ4n) is 3.21. The van der Waals surface area contributed by atoms with Gasteiger partial charge in [0.1, 0.15) is 5.84 Å². The molecule has 2 aromatic rings. The summed E-state index contributed by atoms with van der Waals surface area (Å²) >= 11 is 2.59. The average Bonchev–Trinajstić information content (AvgIpc) is 3.23. The molecular weight excluding hydrogens is 448 g/mol. The van der Waals surface area contributed by atoms with E-state index >= 15 is 0 Å². The second-order valence-corrected chi connectivity index (χ2v) is 8.28. The summed E-state index contributed by atoms with van der Waals surface area (Å²) in [6.45, 7) is 0. The Labute approximate surface area is 194 Å². The number of benzene rings is 2. The molecular formula is C22H20N4O4S2. The van der Waals surface area contributed by atoms with E-state index in [-0.39, 0.29) is 11.4 Å². The first-order valence-electron chi connectivity index (χ1n) is 9.51. The molecule has 2 aliphatic rings. The normalized spacial score (nSPS) is 16.6. The van der Waals surface area contributed by atoms with E-state index < -0.39 is 5.91 Å². The van der Waals surface area contributed by atoms with Crippen LogP contribution in [0.5, 0.6) is 17.2 Å². The molecule has 0 saturated carbocycles. The van der Waals surface area contributed by atoms with Gasteiger partial charge in [0.05, 0.1) is 38.9 Å². The van der Waals surface area contributed by atoms with Gasteiger partial charge in [-0.15, -0.1) is 0 Å². The van der Waals surface area contributed by atoms with Crippen LogP contribution in [-0.4, -0.2) is 48.3 Å². The van der Waals surface area contributed by atoms with Gasteiger partial charge in [-0.2, -0.15) is 9.39 Å². The van der Waals surface area contributed by atoms with Gasteiger partial charge in [0.2, 0.25) is 10.9 Å². The first-order chi connectivity index (χ1) is 15.6. The molecule has 2 aliphatic heterocycles. The zero-order valence-corrected chi connectivity index (χ0v) is 19.3. The summed E-state index contributed by atoms with van der Waals surface area (Å²) in [6.07, 6.45) is 1.58. The van der Waals surface area contributed by atoms with Gasteiger partial charge in [-0.1, -0.05) is 42.1 Å². The molecule has 32 heavy (non-hydrogen) atoms. The largest absolute Gasteiger partial charge is 0.493 e. The van der Waals surface area contributed by atoms with E-state index in [2.05, 4.69) is 9.39 Å². The highest BCUT2D eigenvalue weighted by Gasteiger charge is 2.37. The highest BCUT2D eigenvalue weighted by atomic mass is 32.2. The third kappa shape index (κ3) is 4.11. The van der Waals surface area contributed by atoms with Crippen molar-refractivity contribution in [3.05, 3.63) is 59.2 Å². The quantitative estimate of drug-likeness (QED) is 0.501. The summed E-state index contributed by atoms with van der Waals surface area (Å²) in [7, 11) is 4.55. The van der Waals surface area contributed by atoms with E-state index in [1.165, 1.54) is 33.1 Å². The fourth-order valence-corrected chi connectivity index (χ4v) is 5.01. The van der Waals surface area contributed by atoms with Gasteiger partial charge < -0.3 is 14.2 Å². The number of carbonyl (C=O) groups is 1. The minimum absolute atomic E-state index is 0.0150. The molecule has 1 amide bonds. The molecule has 164 valence electrons. The van der Waals surface area contributed by atoms with Gasteiger partial charge in [-0.3, -0.25) is 10.2 Å². The lowest BCUT2D eigenvalue weighted by molar-refractivity contribution is -0.114. The first-order valence-corrected chi connectivity index (χ1v) is 11.3. The van der Waals surface area contributed by atoms with Crippen LogP contribution >= 0.6 is 23.7 Å². The molecule has 0 bridgehead atoms. The summed E-state index contributed by atoms with van der Waals surface area (Å²) in [5.74, 6) is 1.50. The topological polar surface area (TPSA) is 96.6 Å². The second-order valence-electron chi connectivity index (χ2n) is 6.60. The fraction of sp³-hybridized carbons (Fsp3) is 0.182. The van der Waals surface area contributed by atoms with Gasteiger partial charge >= 0.3 is 0 Å². The second kappa shape index (κ2) is 9.49. The van der Waals surface area contributed by atoms with Crippen LogP contribution in [0.15, 0.2) is 57.4 Å². The third-order valence-electron chi connectivity index (χ3n) is 4.74. The lowest BCUT2D eigenvalue weighted by Crippen LogP contribution is -2.41. The molecule has 0 aliphatic carbocycles. The van der Waals surface area contributed by atoms with Gasteiger partial charge in [-0.25, -0.2) is 4.90 Å². The van der Waals surface area contributed by atoms with Crippen molar-refractivity contribution in [1.29, 1.82) is 5.41 Å². The van der Waals surface area contributed by atoms with Crippen LogP contribution in [0.25, 0.3) is 6.08 Å². The number of nitrogens with one attached hydrogen (secondary N) is 1. The molecule has 0 atom stereocenters. The lowest BCUT2D eigenvalue weighted by Gasteiger charge is -2.24. The molecule has 0 radical (unpaired) electrons. The minimum atomic E-state index is -0.505. The Balaban J connectivity index is 1.65. The third-order valence-corrected chi connectivity index (χ3v) is 6.57. The van der Waals surface area contributed by atoms with Crippen LogP contribution in [0, 0.1) is 5.41 Å². The number of nitrogens with zero attached hydrogens (tertiary/aromatic N) is 3. The minimum Gasteiger partial charge on any atom is -0.493 e. The summed E-state index contributed by atoms with van der Waals surface area (Å²) in [5.41, 5.74) is 1.84. The van der Waals surface area contributed by atoms with Gasteiger partial charge in [-0.05, 0) is 23.8 Å². The first kappa shape index (κ1) is 22.0. The Kier molecular flexibility index (Phi) is 6.52.